The molecule has 58 heavy (non-hydrogen) atoms. The summed E-state index contributed by atoms with van der Waals surface area (Å²) in [5, 5.41) is 52.6. The highest BCUT2D eigenvalue weighted by Gasteiger charge is 2.68. The third kappa shape index (κ3) is 10.3. The van der Waals surface area contributed by atoms with Crippen molar-refractivity contribution in [3.8, 4) is 0 Å². The van der Waals surface area contributed by atoms with Crippen LogP contribution < -0.4 is 10.6 Å². The molecular formula is C49H72N2O7. The Morgan fingerprint density at radius 2 is 1.93 bits per heavy atom. The van der Waals surface area contributed by atoms with E-state index in [-0.39, 0.29) is 61.6 Å². The van der Waals surface area contributed by atoms with Gasteiger partial charge in [0.15, 0.2) is 0 Å². The molecule has 0 radical (unpaired) electrons. The average molecular weight is 801 g/mol. The van der Waals surface area contributed by atoms with Crippen molar-refractivity contribution in [3.05, 3.63) is 106 Å². The monoisotopic (exact) mass is 801 g/mol. The summed E-state index contributed by atoms with van der Waals surface area (Å²) in [6.45, 7) is 13.2. The Hall–Kier alpha value is -2.99. The number of nitrogens with one attached hydrogen (secondary N) is 2. The third-order valence-corrected chi connectivity index (χ3v) is 14.0. The van der Waals surface area contributed by atoms with Crippen molar-refractivity contribution in [1.82, 2.24) is 10.6 Å². The van der Waals surface area contributed by atoms with Crippen LogP contribution in [-0.2, 0) is 27.1 Å². The highest BCUT2D eigenvalue weighted by molar-refractivity contribution is 5.74. The van der Waals surface area contributed by atoms with Gasteiger partial charge in [-0.05, 0) is 132 Å². The van der Waals surface area contributed by atoms with E-state index in [0.29, 0.717) is 50.8 Å². The van der Waals surface area contributed by atoms with E-state index in [1.807, 2.05) is 26.1 Å². The summed E-state index contributed by atoms with van der Waals surface area (Å²) in [5.41, 5.74) is 5.16. The van der Waals surface area contributed by atoms with Crippen LogP contribution in [0.15, 0.2) is 95.2 Å². The molecule has 3 aliphatic carbocycles. The van der Waals surface area contributed by atoms with Crippen LogP contribution in [0, 0.1) is 35.0 Å². The molecule has 1 heterocycles. The molecule has 5 rings (SSSR count). The fourth-order valence-electron chi connectivity index (χ4n) is 10.9. The van der Waals surface area contributed by atoms with E-state index in [1.54, 1.807) is 7.11 Å². The molecule has 1 aromatic rings. The van der Waals surface area contributed by atoms with Gasteiger partial charge < -0.3 is 40.5 Å². The number of carbonyl (C=O) groups is 1. The number of benzene rings is 1. The molecule has 4 bridgehead atoms. The van der Waals surface area contributed by atoms with Crippen molar-refractivity contribution >= 4 is 6.29 Å². The molecule has 9 atom stereocenters. The molecule has 2 fully saturated rings. The summed E-state index contributed by atoms with van der Waals surface area (Å²) in [6.07, 6.45) is 18.7. The number of fused-ring (bicyclic) bond motifs is 5. The fourth-order valence-corrected chi connectivity index (χ4v) is 10.9. The van der Waals surface area contributed by atoms with Crippen molar-refractivity contribution in [2.75, 3.05) is 60.3 Å². The van der Waals surface area contributed by atoms with Gasteiger partial charge >= 0.3 is 0 Å². The lowest BCUT2D eigenvalue weighted by Gasteiger charge is -2.61. The maximum absolute atomic E-state index is 12.9. The van der Waals surface area contributed by atoms with Gasteiger partial charge in [0.05, 0.1) is 31.5 Å². The molecule has 9 heteroatoms. The Morgan fingerprint density at radius 1 is 1.14 bits per heavy atom. The second-order valence-corrected chi connectivity index (χ2v) is 17.9. The predicted molar refractivity (Wildman–Crippen MR) is 232 cm³/mol. The molecule has 6 N–H and O–H groups in total. The lowest BCUT2D eigenvalue weighted by Crippen LogP contribution is -2.65. The maximum atomic E-state index is 12.9. The SMILES string of the molecule is C=C(C=CC=C(COCCO)C1CCC2(C1O)C1C(=C(C)C=O)C(C=CC1CCO)CC2(O)CCNC)C1CC=C(C)CNC(C)(CCOC)Cc2cccc(c2)C1. The first-order valence-electron chi connectivity index (χ1n) is 21.6. The van der Waals surface area contributed by atoms with E-state index in [1.165, 1.54) is 16.7 Å². The van der Waals surface area contributed by atoms with Crippen LogP contribution in [0.2, 0.25) is 0 Å². The molecule has 1 aromatic carbocycles. The van der Waals surface area contributed by atoms with Gasteiger partial charge in [0.1, 0.15) is 6.29 Å². The molecule has 1 spiro atoms. The van der Waals surface area contributed by atoms with E-state index < -0.39 is 17.1 Å². The van der Waals surface area contributed by atoms with Gasteiger partial charge in [-0.2, -0.15) is 0 Å². The molecule has 0 saturated heterocycles. The Bertz CT molecular complexity index is 1710. The number of rotatable bonds is 17. The Balaban J connectivity index is 1.47. The minimum Gasteiger partial charge on any atom is -0.396 e. The average Bonchev–Trinajstić information content (AvgIpc) is 3.56. The predicted octanol–water partition coefficient (Wildman–Crippen LogP) is 5.99. The van der Waals surface area contributed by atoms with Crippen LogP contribution in [-0.4, -0.2) is 104 Å². The first-order chi connectivity index (χ1) is 27.9. The Kier molecular flexibility index (Phi) is 16.7. The highest BCUT2D eigenvalue weighted by Crippen LogP contribution is 2.67. The minimum atomic E-state index is -1.22. The van der Waals surface area contributed by atoms with Crippen LogP contribution >= 0.6 is 0 Å². The smallest absolute Gasteiger partial charge is 0.145 e. The zero-order valence-corrected chi connectivity index (χ0v) is 35.8. The number of aliphatic hydroxyl groups is 4. The number of ether oxygens (including phenoxy) is 2. The lowest BCUT2D eigenvalue weighted by molar-refractivity contribution is -0.194. The summed E-state index contributed by atoms with van der Waals surface area (Å²) in [7, 11) is 3.63. The highest BCUT2D eigenvalue weighted by atomic mass is 16.5. The minimum absolute atomic E-state index is 0.0318. The van der Waals surface area contributed by atoms with Gasteiger partial charge in [0.2, 0.25) is 0 Å². The van der Waals surface area contributed by atoms with Gasteiger partial charge in [0.25, 0.3) is 0 Å². The second-order valence-electron chi connectivity index (χ2n) is 17.9. The number of hydrogen-bond acceptors (Lipinski definition) is 9. The molecule has 320 valence electrons. The topological polar surface area (TPSA) is 141 Å². The lowest BCUT2D eigenvalue weighted by atomic mass is 9.45. The number of aliphatic hydroxyl groups excluding tert-OH is 3. The van der Waals surface area contributed by atoms with Gasteiger partial charge in [-0.3, -0.25) is 4.79 Å². The Labute approximate surface area is 348 Å². The van der Waals surface area contributed by atoms with Crippen molar-refractivity contribution in [2.45, 2.75) is 95.8 Å². The molecular weight excluding hydrogens is 729 g/mol. The first kappa shape index (κ1) is 46.1. The largest absolute Gasteiger partial charge is 0.396 e. The van der Waals surface area contributed by atoms with Crippen molar-refractivity contribution < 1.29 is 34.7 Å². The zero-order chi connectivity index (χ0) is 41.9. The molecule has 2 saturated carbocycles. The van der Waals surface area contributed by atoms with Crippen molar-refractivity contribution in [1.29, 1.82) is 0 Å². The van der Waals surface area contributed by atoms with Gasteiger partial charge in [0, 0.05) is 49.7 Å². The number of carbonyl (C=O) groups excluding carboxylic acids is 1. The third-order valence-electron chi connectivity index (χ3n) is 14.0. The van der Waals surface area contributed by atoms with Gasteiger partial charge in [-0.1, -0.05) is 84.0 Å². The second kappa shape index (κ2) is 21.0. The van der Waals surface area contributed by atoms with Crippen molar-refractivity contribution in [3.63, 3.8) is 0 Å². The van der Waals surface area contributed by atoms with E-state index in [9.17, 15) is 25.2 Å². The quantitative estimate of drug-likeness (QED) is 0.0369. The molecule has 9 unspecified atom stereocenters. The van der Waals surface area contributed by atoms with Crippen LogP contribution in [0.25, 0.3) is 0 Å². The van der Waals surface area contributed by atoms with Gasteiger partial charge in [-0.15, -0.1) is 0 Å². The molecule has 1 aliphatic heterocycles. The molecule has 0 aromatic heterocycles. The number of aldehydes is 1. The van der Waals surface area contributed by atoms with Crippen LogP contribution in [0.3, 0.4) is 0 Å². The first-order valence-corrected chi connectivity index (χ1v) is 21.6. The number of hydrogen-bond donors (Lipinski definition) is 6. The fraction of sp³-hybridized carbons (Fsp3) is 0.612. The number of allylic oxidation sites excluding steroid dienone is 9. The molecule has 0 amide bonds. The standard InChI is InChI=1S/C49H72N2O7/c1-34-13-14-40(28-37-10-8-11-38(27-37)29-47(4,51-31-34)21-25-57-6)35(2)9-7-12-42(33-58-26-24-53)43-17-19-49(46(43)55)45-39(18-23-52)15-16-41(44(45)36(3)32-54)30-48(49,56)20-22-50-5/h7-13,15-16,27,32,39-41,43,45-46,50-53,55-56H,2,14,17-26,28-31,33H2,1,3-6H3. The van der Waals surface area contributed by atoms with Crippen molar-refractivity contribution in [2.24, 2.45) is 35.0 Å². The van der Waals surface area contributed by atoms with E-state index >= 15 is 0 Å². The van der Waals surface area contributed by atoms with E-state index in [2.05, 4.69) is 79.6 Å². The zero-order valence-electron chi connectivity index (χ0n) is 35.8. The summed E-state index contributed by atoms with van der Waals surface area (Å²) in [4.78, 5) is 12.4. The van der Waals surface area contributed by atoms with Crippen LogP contribution in [0.1, 0.15) is 76.8 Å². The summed E-state index contributed by atoms with van der Waals surface area (Å²) in [6, 6.07) is 8.91. The Morgan fingerprint density at radius 3 is 2.66 bits per heavy atom. The van der Waals surface area contributed by atoms with E-state index in [4.69, 9.17) is 9.47 Å². The number of methoxy groups -OCH3 is 1. The molecule has 9 nitrogen and oxygen atoms in total. The molecule has 4 aliphatic rings. The maximum Gasteiger partial charge on any atom is 0.145 e. The normalized spacial score (nSPS) is 33.8. The van der Waals surface area contributed by atoms with E-state index in [0.717, 1.165) is 55.2 Å². The summed E-state index contributed by atoms with van der Waals surface area (Å²) < 4.78 is 11.4. The van der Waals surface area contributed by atoms with Crippen LogP contribution in [0.4, 0.5) is 0 Å². The van der Waals surface area contributed by atoms with Gasteiger partial charge in [-0.25, -0.2) is 0 Å². The summed E-state index contributed by atoms with van der Waals surface area (Å²) in [5.74, 6) is -0.715. The van der Waals surface area contributed by atoms with Crippen LogP contribution in [0.5, 0.6) is 0 Å². The summed E-state index contributed by atoms with van der Waals surface area (Å²) >= 11 is 0.